The Morgan fingerprint density at radius 1 is 1.39 bits per heavy atom. The lowest BCUT2D eigenvalue weighted by Crippen LogP contribution is -2.21. The number of H-pyrrole nitrogens is 1. The van der Waals surface area contributed by atoms with E-state index in [2.05, 4.69) is 33.5 Å². The van der Waals surface area contributed by atoms with E-state index in [0.29, 0.717) is 6.54 Å². The van der Waals surface area contributed by atoms with Gasteiger partial charge in [-0.2, -0.15) is 5.10 Å². The van der Waals surface area contributed by atoms with E-state index in [1.54, 1.807) is 7.11 Å². The maximum Gasteiger partial charge on any atom is 0.138 e. The maximum atomic E-state index is 5.39. The standard InChI is InChI=1S/C13H18N4O/c1-3-11(14-8-13-15-9-16-17-13)10-6-4-5-7-12(10)18-2/h4-7,9,11,14H,3,8H2,1-2H3,(H,15,16,17). The van der Waals surface area contributed by atoms with Crippen molar-refractivity contribution < 1.29 is 4.74 Å². The van der Waals surface area contributed by atoms with E-state index in [-0.39, 0.29) is 6.04 Å². The Labute approximate surface area is 107 Å². The van der Waals surface area contributed by atoms with Crippen LogP contribution in [0, 0.1) is 0 Å². The number of nitrogens with one attached hydrogen (secondary N) is 2. The third kappa shape index (κ3) is 2.87. The average Bonchev–Trinajstić information content (AvgIpc) is 2.93. The molecule has 96 valence electrons. The minimum Gasteiger partial charge on any atom is -0.496 e. The zero-order valence-electron chi connectivity index (χ0n) is 10.7. The summed E-state index contributed by atoms with van der Waals surface area (Å²) in [6, 6.07) is 8.31. The van der Waals surface area contributed by atoms with Crippen molar-refractivity contribution in [2.24, 2.45) is 0 Å². The van der Waals surface area contributed by atoms with Crippen LogP contribution in [-0.2, 0) is 6.54 Å². The average molecular weight is 246 g/mol. The molecule has 0 aliphatic heterocycles. The first-order valence-electron chi connectivity index (χ1n) is 6.05. The van der Waals surface area contributed by atoms with Crippen LogP contribution in [0.25, 0.3) is 0 Å². The van der Waals surface area contributed by atoms with Gasteiger partial charge in [0.05, 0.1) is 13.7 Å². The van der Waals surface area contributed by atoms with Gasteiger partial charge in [0, 0.05) is 11.6 Å². The molecule has 0 aliphatic carbocycles. The van der Waals surface area contributed by atoms with Gasteiger partial charge in [-0.3, -0.25) is 5.10 Å². The van der Waals surface area contributed by atoms with Gasteiger partial charge in [0.1, 0.15) is 17.9 Å². The highest BCUT2D eigenvalue weighted by Gasteiger charge is 2.13. The molecule has 2 N–H and O–H groups in total. The molecule has 2 aromatic rings. The molecule has 1 aromatic heterocycles. The summed E-state index contributed by atoms with van der Waals surface area (Å²) in [7, 11) is 1.70. The quantitative estimate of drug-likeness (QED) is 0.819. The third-order valence-corrected chi connectivity index (χ3v) is 2.90. The largest absolute Gasteiger partial charge is 0.496 e. The second-order valence-corrected chi connectivity index (χ2v) is 4.02. The first-order chi connectivity index (χ1) is 8.85. The smallest absolute Gasteiger partial charge is 0.138 e. The molecule has 0 spiro atoms. The highest BCUT2D eigenvalue weighted by atomic mass is 16.5. The number of benzene rings is 1. The Morgan fingerprint density at radius 3 is 2.89 bits per heavy atom. The van der Waals surface area contributed by atoms with Crippen LogP contribution < -0.4 is 10.1 Å². The fourth-order valence-corrected chi connectivity index (χ4v) is 1.96. The van der Waals surface area contributed by atoms with E-state index < -0.39 is 0 Å². The molecular formula is C13H18N4O. The van der Waals surface area contributed by atoms with E-state index >= 15 is 0 Å². The first-order valence-corrected chi connectivity index (χ1v) is 6.05. The predicted octanol–water partition coefficient (Wildman–Crippen LogP) is 2.05. The van der Waals surface area contributed by atoms with Crippen molar-refractivity contribution in [3.05, 3.63) is 42.0 Å². The summed E-state index contributed by atoms with van der Waals surface area (Å²) in [6.45, 7) is 2.81. The molecule has 5 nitrogen and oxygen atoms in total. The van der Waals surface area contributed by atoms with Gasteiger partial charge in [-0.25, -0.2) is 4.98 Å². The first kappa shape index (κ1) is 12.6. The highest BCUT2D eigenvalue weighted by molar-refractivity contribution is 5.35. The number of hydrogen-bond donors (Lipinski definition) is 2. The van der Waals surface area contributed by atoms with Crippen LogP contribution in [0.3, 0.4) is 0 Å². The summed E-state index contributed by atoms with van der Waals surface area (Å²) in [5.41, 5.74) is 1.17. The van der Waals surface area contributed by atoms with Crippen molar-refractivity contribution in [1.29, 1.82) is 0 Å². The summed E-state index contributed by atoms with van der Waals surface area (Å²) in [6.07, 6.45) is 2.50. The number of aromatic nitrogens is 3. The molecule has 1 heterocycles. The van der Waals surface area contributed by atoms with E-state index in [4.69, 9.17) is 4.74 Å². The fraction of sp³-hybridized carbons (Fsp3) is 0.385. The van der Waals surface area contributed by atoms with Crippen LogP contribution in [0.2, 0.25) is 0 Å². The van der Waals surface area contributed by atoms with Gasteiger partial charge in [0.25, 0.3) is 0 Å². The Kier molecular flexibility index (Phi) is 4.30. The van der Waals surface area contributed by atoms with Crippen molar-refractivity contribution in [1.82, 2.24) is 20.5 Å². The molecule has 18 heavy (non-hydrogen) atoms. The lowest BCUT2D eigenvalue weighted by atomic mass is 10.0. The number of nitrogens with zero attached hydrogens (tertiary/aromatic N) is 2. The van der Waals surface area contributed by atoms with Crippen molar-refractivity contribution in [3.8, 4) is 5.75 Å². The SMILES string of the molecule is CCC(NCc1ncn[nH]1)c1ccccc1OC. The van der Waals surface area contributed by atoms with Crippen LogP contribution in [0.15, 0.2) is 30.6 Å². The van der Waals surface area contributed by atoms with E-state index in [1.807, 2.05) is 18.2 Å². The number of hydrogen-bond acceptors (Lipinski definition) is 4. The minimum absolute atomic E-state index is 0.242. The molecule has 0 saturated heterocycles. The molecule has 0 amide bonds. The lowest BCUT2D eigenvalue weighted by Gasteiger charge is -2.19. The Hall–Kier alpha value is -1.88. The summed E-state index contributed by atoms with van der Waals surface area (Å²) >= 11 is 0. The molecule has 1 aromatic carbocycles. The zero-order valence-corrected chi connectivity index (χ0v) is 10.7. The lowest BCUT2D eigenvalue weighted by molar-refractivity contribution is 0.396. The zero-order chi connectivity index (χ0) is 12.8. The summed E-state index contributed by atoms with van der Waals surface area (Å²) in [5, 5.41) is 10.1. The van der Waals surface area contributed by atoms with Crippen LogP contribution in [0.5, 0.6) is 5.75 Å². The van der Waals surface area contributed by atoms with Crippen molar-refractivity contribution in [3.63, 3.8) is 0 Å². The number of aromatic amines is 1. The molecule has 0 bridgehead atoms. The Bertz CT molecular complexity index is 470. The second-order valence-electron chi connectivity index (χ2n) is 4.02. The molecular weight excluding hydrogens is 228 g/mol. The van der Waals surface area contributed by atoms with Crippen LogP contribution in [0.4, 0.5) is 0 Å². The van der Waals surface area contributed by atoms with E-state index in [0.717, 1.165) is 18.0 Å². The summed E-state index contributed by atoms with van der Waals surface area (Å²) in [4.78, 5) is 4.10. The van der Waals surface area contributed by atoms with Gasteiger partial charge in [-0.05, 0) is 12.5 Å². The van der Waals surface area contributed by atoms with E-state index in [9.17, 15) is 0 Å². The Balaban J connectivity index is 2.08. The molecule has 0 aliphatic rings. The van der Waals surface area contributed by atoms with Crippen LogP contribution in [-0.4, -0.2) is 22.3 Å². The van der Waals surface area contributed by atoms with Crippen LogP contribution in [0.1, 0.15) is 30.8 Å². The molecule has 0 radical (unpaired) electrons. The van der Waals surface area contributed by atoms with Gasteiger partial charge in [0.15, 0.2) is 0 Å². The molecule has 0 fully saturated rings. The topological polar surface area (TPSA) is 62.8 Å². The van der Waals surface area contributed by atoms with E-state index in [1.165, 1.54) is 11.9 Å². The summed E-state index contributed by atoms with van der Waals surface area (Å²) in [5.74, 6) is 1.75. The van der Waals surface area contributed by atoms with Crippen molar-refractivity contribution in [2.75, 3.05) is 7.11 Å². The third-order valence-electron chi connectivity index (χ3n) is 2.90. The highest BCUT2D eigenvalue weighted by Crippen LogP contribution is 2.26. The molecule has 0 saturated carbocycles. The van der Waals surface area contributed by atoms with Gasteiger partial charge < -0.3 is 10.1 Å². The van der Waals surface area contributed by atoms with Gasteiger partial charge in [0.2, 0.25) is 0 Å². The number of rotatable bonds is 6. The second kappa shape index (κ2) is 6.16. The van der Waals surface area contributed by atoms with Crippen molar-refractivity contribution >= 4 is 0 Å². The molecule has 1 atom stereocenters. The molecule has 2 rings (SSSR count). The monoisotopic (exact) mass is 246 g/mol. The minimum atomic E-state index is 0.242. The summed E-state index contributed by atoms with van der Waals surface area (Å²) < 4.78 is 5.39. The van der Waals surface area contributed by atoms with Crippen LogP contribution >= 0.6 is 0 Å². The Morgan fingerprint density at radius 2 is 2.22 bits per heavy atom. The number of para-hydroxylation sites is 1. The fourth-order valence-electron chi connectivity index (χ4n) is 1.96. The maximum absolute atomic E-state index is 5.39. The normalized spacial score (nSPS) is 12.3. The van der Waals surface area contributed by atoms with Crippen molar-refractivity contribution in [2.45, 2.75) is 25.9 Å². The number of ether oxygens (including phenoxy) is 1. The molecule has 5 heteroatoms. The van der Waals surface area contributed by atoms with Gasteiger partial charge >= 0.3 is 0 Å². The predicted molar refractivity (Wildman–Crippen MR) is 69.2 cm³/mol. The molecule has 1 unspecified atom stereocenters. The van der Waals surface area contributed by atoms with Gasteiger partial charge in [-0.1, -0.05) is 25.1 Å². The van der Waals surface area contributed by atoms with Gasteiger partial charge in [-0.15, -0.1) is 0 Å². The number of methoxy groups -OCH3 is 1.